The molecule has 7 nitrogen and oxygen atoms in total. The van der Waals surface area contributed by atoms with Gasteiger partial charge in [0.25, 0.3) is 5.91 Å². The Hall–Kier alpha value is -2.19. The molecular formula is C19H23N3O4S. The molecule has 0 saturated carbocycles. The molecule has 4 rings (SSSR count). The van der Waals surface area contributed by atoms with Gasteiger partial charge >= 0.3 is 0 Å². The van der Waals surface area contributed by atoms with Gasteiger partial charge in [-0.25, -0.2) is 8.42 Å². The minimum absolute atomic E-state index is 0.0775. The topological polar surface area (TPSA) is 83.7 Å². The van der Waals surface area contributed by atoms with Crippen molar-refractivity contribution in [3.63, 3.8) is 0 Å². The number of piperazine rings is 1. The van der Waals surface area contributed by atoms with Crippen LogP contribution in [0, 0.1) is 6.92 Å². The number of rotatable bonds is 3. The van der Waals surface area contributed by atoms with Gasteiger partial charge in [-0.3, -0.25) is 9.69 Å². The number of nitrogens with zero attached hydrogens (tertiary/aromatic N) is 3. The summed E-state index contributed by atoms with van der Waals surface area (Å²) in [5.41, 5.74) is 1.94. The van der Waals surface area contributed by atoms with Gasteiger partial charge in [0.2, 0.25) is 0 Å². The summed E-state index contributed by atoms with van der Waals surface area (Å²) in [6.07, 6.45) is 0.694. The molecule has 0 N–H and O–H groups in total. The number of aryl methyl sites for hydroxylation is 1. The maximum absolute atomic E-state index is 13.1. The largest absolute Gasteiger partial charge is 0.360 e. The fraction of sp³-hybridized carbons (Fsp3) is 0.474. The molecule has 1 unspecified atom stereocenters. The maximum Gasteiger partial charge on any atom is 0.259 e. The van der Waals surface area contributed by atoms with E-state index in [0.29, 0.717) is 49.6 Å². The first-order chi connectivity index (χ1) is 12.9. The third-order valence-electron chi connectivity index (χ3n) is 5.45. The van der Waals surface area contributed by atoms with Crippen molar-refractivity contribution < 1.29 is 17.7 Å². The molecule has 1 aromatic heterocycles. The summed E-state index contributed by atoms with van der Waals surface area (Å²) < 4.78 is 28.7. The lowest BCUT2D eigenvalue weighted by Crippen LogP contribution is -2.52. The van der Waals surface area contributed by atoms with Crippen molar-refractivity contribution in [3.8, 4) is 11.3 Å². The van der Waals surface area contributed by atoms with E-state index < -0.39 is 9.84 Å². The summed E-state index contributed by atoms with van der Waals surface area (Å²) in [5, 5.41) is 4.10. The van der Waals surface area contributed by atoms with Crippen molar-refractivity contribution in [2.24, 2.45) is 0 Å². The quantitative estimate of drug-likeness (QED) is 0.793. The summed E-state index contributed by atoms with van der Waals surface area (Å²) in [7, 11) is -2.89. The van der Waals surface area contributed by atoms with E-state index in [1.165, 1.54) is 0 Å². The number of benzene rings is 1. The van der Waals surface area contributed by atoms with Crippen molar-refractivity contribution in [2.45, 2.75) is 19.4 Å². The van der Waals surface area contributed by atoms with Crippen molar-refractivity contribution in [2.75, 3.05) is 37.7 Å². The zero-order valence-corrected chi connectivity index (χ0v) is 16.1. The van der Waals surface area contributed by atoms with Crippen molar-refractivity contribution in [3.05, 3.63) is 41.7 Å². The van der Waals surface area contributed by atoms with E-state index >= 15 is 0 Å². The van der Waals surface area contributed by atoms with Crippen LogP contribution in [0.1, 0.15) is 22.5 Å². The Balaban J connectivity index is 1.47. The van der Waals surface area contributed by atoms with Crippen molar-refractivity contribution in [1.29, 1.82) is 0 Å². The lowest BCUT2D eigenvalue weighted by molar-refractivity contribution is 0.0587. The summed E-state index contributed by atoms with van der Waals surface area (Å²) in [6, 6.07) is 9.63. The number of hydrogen-bond donors (Lipinski definition) is 0. The SMILES string of the molecule is Cc1onc(-c2ccccc2)c1C(=O)N1CCN(C2CCS(=O)(=O)C2)CC1. The lowest BCUT2D eigenvalue weighted by Gasteiger charge is -2.37. The smallest absolute Gasteiger partial charge is 0.259 e. The Morgan fingerprint density at radius 1 is 1.15 bits per heavy atom. The minimum Gasteiger partial charge on any atom is -0.360 e. The fourth-order valence-corrected chi connectivity index (χ4v) is 5.69. The molecular weight excluding hydrogens is 366 g/mol. The third kappa shape index (κ3) is 3.64. The summed E-state index contributed by atoms with van der Waals surface area (Å²) >= 11 is 0. The van der Waals surface area contributed by atoms with E-state index in [0.717, 1.165) is 5.56 Å². The number of hydrogen-bond acceptors (Lipinski definition) is 6. The standard InChI is InChI=1S/C19H23N3O4S/c1-14-17(18(20-26-14)15-5-3-2-4-6-15)19(23)22-10-8-21(9-11-22)16-7-12-27(24,25)13-16/h2-6,16H,7-13H2,1H3. The Kier molecular flexibility index (Phi) is 4.77. The summed E-state index contributed by atoms with van der Waals surface area (Å²) in [5.74, 6) is 0.954. The first-order valence-electron chi connectivity index (χ1n) is 9.20. The molecule has 0 aliphatic carbocycles. The second kappa shape index (κ2) is 7.09. The maximum atomic E-state index is 13.1. The Morgan fingerprint density at radius 3 is 2.48 bits per heavy atom. The Bertz CT molecular complexity index is 931. The van der Waals surface area contributed by atoms with Gasteiger partial charge in [-0.2, -0.15) is 0 Å². The number of aromatic nitrogens is 1. The van der Waals surface area contributed by atoms with Gasteiger partial charge in [0.05, 0.1) is 11.5 Å². The van der Waals surface area contributed by atoms with Crippen LogP contribution in [0.25, 0.3) is 11.3 Å². The van der Waals surface area contributed by atoms with Crippen LogP contribution in [-0.2, 0) is 9.84 Å². The molecule has 8 heteroatoms. The monoisotopic (exact) mass is 389 g/mol. The summed E-state index contributed by atoms with van der Waals surface area (Å²) in [4.78, 5) is 17.1. The number of sulfone groups is 1. The van der Waals surface area contributed by atoms with Crippen LogP contribution in [0.4, 0.5) is 0 Å². The molecule has 1 atom stereocenters. The van der Waals surface area contributed by atoms with E-state index in [1.54, 1.807) is 6.92 Å². The van der Waals surface area contributed by atoms with Crippen LogP contribution < -0.4 is 0 Å². The van der Waals surface area contributed by atoms with Gasteiger partial charge in [0.1, 0.15) is 17.0 Å². The molecule has 2 aliphatic heterocycles. The summed E-state index contributed by atoms with van der Waals surface area (Å²) in [6.45, 7) is 4.29. The average molecular weight is 389 g/mol. The number of carbonyl (C=O) groups is 1. The predicted molar refractivity (Wildman–Crippen MR) is 101 cm³/mol. The second-order valence-corrected chi connectivity index (χ2v) is 9.44. The van der Waals surface area contributed by atoms with Gasteiger partial charge in [-0.1, -0.05) is 35.5 Å². The highest BCUT2D eigenvalue weighted by Gasteiger charge is 2.35. The van der Waals surface area contributed by atoms with E-state index in [4.69, 9.17) is 4.52 Å². The van der Waals surface area contributed by atoms with Gasteiger partial charge < -0.3 is 9.42 Å². The molecule has 2 fully saturated rings. The molecule has 0 bridgehead atoms. The predicted octanol–water partition coefficient (Wildman–Crippen LogP) is 1.59. The molecule has 2 aliphatic rings. The normalized spacial score (nSPS) is 22.9. The van der Waals surface area contributed by atoms with Crippen LogP contribution in [0.15, 0.2) is 34.9 Å². The minimum atomic E-state index is -2.89. The van der Waals surface area contributed by atoms with Crippen molar-refractivity contribution >= 4 is 15.7 Å². The molecule has 2 aromatic rings. The first-order valence-corrected chi connectivity index (χ1v) is 11.0. The number of amides is 1. The molecule has 1 aromatic carbocycles. The van der Waals surface area contributed by atoms with E-state index in [2.05, 4.69) is 10.1 Å². The molecule has 0 radical (unpaired) electrons. The molecule has 144 valence electrons. The zero-order valence-electron chi connectivity index (χ0n) is 15.3. The average Bonchev–Trinajstić information content (AvgIpc) is 3.24. The molecule has 3 heterocycles. The van der Waals surface area contributed by atoms with E-state index in [-0.39, 0.29) is 23.5 Å². The van der Waals surface area contributed by atoms with Gasteiger partial charge in [-0.05, 0) is 13.3 Å². The fourth-order valence-electron chi connectivity index (χ4n) is 3.93. The van der Waals surface area contributed by atoms with Gasteiger partial charge in [0, 0.05) is 37.8 Å². The van der Waals surface area contributed by atoms with Crippen LogP contribution >= 0.6 is 0 Å². The third-order valence-corrected chi connectivity index (χ3v) is 7.20. The van der Waals surface area contributed by atoms with Gasteiger partial charge in [-0.15, -0.1) is 0 Å². The van der Waals surface area contributed by atoms with Crippen LogP contribution in [0.3, 0.4) is 0 Å². The molecule has 2 saturated heterocycles. The van der Waals surface area contributed by atoms with Crippen LogP contribution in [-0.4, -0.2) is 73.0 Å². The zero-order chi connectivity index (χ0) is 19.0. The van der Waals surface area contributed by atoms with Gasteiger partial charge in [0.15, 0.2) is 9.84 Å². The Morgan fingerprint density at radius 2 is 1.85 bits per heavy atom. The first kappa shape index (κ1) is 18.2. The van der Waals surface area contributed by atoms with E-state index in [1.807, 2.05) is 35.2 Å². The van der Waals surface area contributed by atoms with E-state index in [9.17, 15) is 13.2 Å². The van der Waals surface area contributed by atoms with Crippen LogP contribution in [0.2, 0.25) is 0 Å². The number of carbonyl (C=O) groups excluding carboxylic acids is 1. The highest BCUT2D eigenvalue weighted by atomic mass is 32.2. The molecule has 27 heavy (non-hydrogen) atoms. The lowest BCUT2D eigenvalue weighted by atomic mass is 10.0. The molecule has 1 amide bonds. The second-order valence-electron chi connectivity index (χ2n) is 7.21. The Labute approximate surface area is 158 Å². The highest BCUT2D eigenvalue weighted by molar-refractivity contribution is 7.91. The highest BCUT2D eigenvalue weighted by Crippen LogP contribution is 2.27. The van der Waals surface area contributed by atoms with Crippen molar-refractivity contribution in [1.82, 2.24) is 15.0 Å². The molecule has 0 spiro atoms. The van der Waals surface area contributed by atoms with Crippen LogP contribution in [0.5, 0.6) is 0 Å².